The summed E-state index contributed by atoms with van der Waals surface area (Å²) in [4.78, 5) is 102. The highest BCUT2D eigenvalue weighted by Crippen LogP contribution is 2.31. The maximum atomic E-state index is 13.2. The normalized spacial score (nSPS) is 12.6. The maximum Gasteiger partial charge on any atom is 0.435 e. The van der Waals surface area contributed by atoms with Crippen LogP contribution in [-0.2, 0) is 99.2 Å². The molecule has 6 aromatic rings. The molecule has 0 aliphatic carbocycles. The van der Waals surface area contributed by atoms with Crippen molar-refractivity contribution >= 4 is 71.9 Å². The number of amides is 5. The molecule has 21 nitrogen and oxygen atoms in total. The zero-order valence-electron chi connectivity index (χ0n) is 56.5. The van der Waals surface area contributed by atoms with Crippen LogP contribution in [0.3, 0.4) is 0 Å². The molecule has 28 heteroatoms. The average molecular weight is 1420 g/mol. The fraction of sp³-hybridized carbons (Fsp3) is 0.361. The molecule has 0 radical (unpaired) electrons. The SMILES string of the molecule is C[C@H](NC(=O)[C@@H](CCc1ccc(C(F)(F)F)cc1)CC(=O)OC(C)(C)C)C(=O)NCc1ccc(C(=N)NC(=O)OCc2ccccc2)cc1.C[C@H](NC(=O)[C@@H](CCc1ccc(C(F)(F)F)cc1)CC(=O)OC(C)(C)C)C(=O)O.Cl.NCc1ccc(C(N)=NC(=O)OCc2ccccc2)cc1. The molecule has 100 heavy (non-hydrogen) atoms. The molecular weight excluding hydrogens is 1330 g/mol. The lowest BCUT2D eigenvalue weighted by Crippen LogP contribution is -2.47. The summed E-state index contributed by atoms with van der Waals surface area (Å²) in [6, 6.07) is 39.2. The molecule has 0 saturated carbocycles. The van der Waals surface area contributed by atoms with Crippen molar-refractivity contribution in [3.8, 4) is 0 Å². The van der Waals surface area contributed by atoms with Gasteiger partial charge in [-0.05, 0) is 139 Å². The molecule has 0 heterocycles. The van der Waals surface area contributed by atoms with E-state index < -0.39 is 106 Å². The van der Waals surface area contributed by atoms with Gasteiger partial charge < -0.3 is 51.5 Å². The molecule has 6 rings (SSSR count). The lowest BCUT2D eigenvalue weighted by molar-refractivity contribution is -0.158. The number of hydrogen-bond acceptors (Lipinski definition) is 14. The van der Waals surface area contributed by atoms with Crippen LogP contribution in [0, 0.1) is 17.2 Å². The molecule has 0 saturated heterocycles. The number of esters is 2. The number of benzene rings is 6. The molecule has 0 aliphatic heterocycles. The third kappa shape index (κ3) is 32.5. The van der Waals surface area contributed by atoms with Gasteiger partial charge in [0.1, 0.15) is 48.2 Å². The maximum absolute atomic E-state index is 13.2. The first-order chi connectivity index (χ1) is 46.4. The van der Waals surface area contributed by atoms with Crippen LogP contribution < -0.4 is 32.7 Å². The molecule has 0 bridgehead atoms. The molecule has 4 atom stereocenters. The minimum absolute atomic E-state index is 0. The van der Waals surface area contributed by atoms with Gasteiger partial charge in [0, 0.05) is 36.1 Å². The van der Waals surface area contributed by atoms with Gasteiger partial charge in [0.25, 0.3) is 0 Å². The number of ether oxygens (including phenoxy) is 4. The Hall–Kier alpha value is -10.2. The summed E-state index contributed by atoms with van der Waals surface area (Å²) in [7, 11) is 0. The number of nitrogens with one attached hydrogen (secondary N) is 5. The number of carboxylic acids is 1. The Morgan fingerprint density at radius 2 is 0.910 bits per heavy atom. The van der Waals surface area contributed by atoms with E-state index in [1.807, 2.05) is 72.8 Å². The molecule has 0 fully saturated rings. The molecule has 0 spiro atoms. The molecule has 5 amide bonds. The zero-order chi connectivity index (χ0) is 73.7. The highest BCUT2D eigenvalue weighted by molar-refractivity contribution is 6.04. The van der Waals surface area contributed by atoms with Crippen molar-refractivity contribution in [3.05, 3.63) is 213 Å². The quantitative estimate of drug-likeness (QED) is 0.00868. The van der Waals surface area contributed by atoms with Gasteiger partial charge in [-0.1, -0.05) is 133 Å². The number of alkyl halides is 6. The number of halogens is 7. The fourth-order valence-electron chi connectivity index (χ4n) is 8.80. The Morgan fingerprint density at radius 3 is 1.31 bits per heavy atom. The van der Waals surface area contributed by atoms with Gasteiger partial charge in [0.15, 0.2) is 0 Å². The monoisotopic (exact) mass is 1420 g/mol. The summed E-state index contributed by atoms with van der Waals surface area (Å²) in [5, 5.41) is 27.1. The third-order valence-electron chi connectivity index (χ3n) is 14.1. The predicted octanol–water partition coefficient (Wildman–Crippen LogP) is 12.2. The van der Waals surface area contributed by atoms with Gasteiger partial charge in [-0.2, -0.15) is 31.3 Å². The van der Waals surface area contributed by atoms with Crippen LogP contribution in [0.5, 0.6) is 0 Å². The van der Waals surface area contributed by atoms with Gasteiger partial charge in [0.2, 0.25) is 17.7 Å². The number of nitrogens with two attached hydrogens (primary N) is 2. The van der Waals surface area contributed by atoms with Crippen molar-refractivity contribution < 1.29 is 88.8 Å². The first-order valence-electron chi connectivity index (χ1n) is 31.2. The van der Waals surface area contributed by atoms with Gasteiger partial charge in [-0.15, -0.1) is 12.4 Å². The Balaban J connectivity index is 0.000000430. The number of alkyl carbamates (subject to hydrolysis) is 1. The number of carbonyl (C=O) groups is 8. The van der Waals surface area contributed by atoms with Gasteiger partial charge in [0.05, 0.1) is 24.0 Å². The largest absolute Gasteiger partial charge is 0.480 e. The van der Waals surface area contributed by atoms with Crippen molar-refractivity contribution in [3.63, 3.8) is 0 Å². The molecule has 10 N–H and O–H groups in total. The minimum Gasteiger partial charge on any atom is -0.480 e. The number of carbonyl (C=O) groups excluding carboxylic acids is 7. The van der Waals surface area contributed by atoms with Crippen molar-refractivity contribution in [1.29, 1.82) is 5.41 Å². The molecule has 6 aromatic carbocycles. The summed E-state index contributed by atoms with van der Waals surface area (Å²) < 4.78 is 97.5. The number of nitrogens with zero attached hydrogens (tertiary/aromatic N) is 1. The Bertz CT molecular complexity index is 3670. The van der Waals surface area contributed by atoms with Crippen LogP contribution in [0.2, 0.25) is 0 Å². The van der Waals surface area contributed by atoms with E-state index in [9.17, 15) is 64.7 Å². The summed E-state index contributed by atoms with van der Waals surface area (Å²) in [5.74, 6) is -5.98. The van der Waals surface area contributed by atoms with Crippen LogP contribution in [0.4, 0.5) is 35.9 Å². The standard InChI is InChI=1S/C36H41F3N4O6.C20H26F3NO5.C16H17N3O2.ClH/c1-23(32(45)41-21-25-11-15-27(16-12-25)31(40)43-34(47)48-22-26-8-6-5-7-9-26)42-33(46)28(20-30(44)49-35(2,3)4)17-10-24-13-18-29(19-14-24)36(37,38)39;1-12(18(27)28)24-17(26)14(11-16(25)29-19(2,3)4)8-5-13-6-9-15(10-7-13)20(21,22)23;17-10-12-6-8-14(9-7-12)15(18)19-16(20)21-11-13-4-2-1-3-5-13;/h5-9,11-16,18-19,23,28H,10,17,20-22H2,1-4H3,(H,41,45)(H,42,46)(H2,40,43,47);6-7,9-10,12,14H,5,8,11H2,1-4H3,(H,24,26)(H,27,28);1-9H,10-11,17H2,(H2,18,19,20);1H/t23-,28-;12-,14-;;/m00../s1. The second-order valence-corrected chi connectivity index (χ2v) is 24.7. The summed E-state index contributed by atoms with van der Waals surface area (Å²) in [5.41, 5.74) is 13.8. The molecule has 0 aliphatic rings. The second-order valence-electron chi connectivity index (χ2n) is 24.7. The van der Waals surface area contributed by atoms with Crippen molar-refractivity contribution in [2.45, 2.75) is 156 Å². The fourth-order valence-corrected chi connectivity index (χ4v) is 8.80. The van der Waals surface area contributed by atoms with E-state index in [2.05, 4.69) is 26.3 Å². The number of hydrogen-bond donors (Lipinski definition) is 8. The second kappa shape index (κ2) is 40.0. The van der Waals surface area contributed by atoms with E-state index in [0.29, 0.717) is 34.4 Å². The third-order valence-corrected chi connectivity index (χ3v) is 14.1. The van der Waals surface area contributed by atoms with E-state index in [0.717, 1.165) is 41.0 Å². The van der Waals surface area contributed by atoms with Crippen molar-refractivity contribution in [2.75, 3.05) is 0 Å². The number of amidine groups is 2. The van der Waals surface area contributed by atoms with Crippen LogP contribution >= 0.6 is 12.4 Å². The predicted molar refractivity (Wildman–Crippen MR) is 364 cm³/mol. The summed E-state index contributed by atoms with van der Waals surface area (Å²) >= 11 is 0. The Morgan fingerprint density at radius 1 is 0.520 bits per heavy atom. The first kappa shape index (κ1) is 84.1. The average Bonchev–Trinajstić information content (AvgIpc) is 0.866. The van der Waals surface area contributed by atoms with E-state index in [4.69, 9.17) is 40.9 Å². The molecule has 0 unspecified atom stereocenters. The molecular formula is C72H85ClF6N8O13. The van der Waals surface area contributed by atoms with E-state index >= 15 is 0 Å². The lowest BCUT2D eigenvalue weighted by atomic mass is 9.94. The highest BCUT2D eigenvalue weighted by Gasteiger charge is 2.33. The Kier molecular flexibility index (Phi) is 33.7. The van der Waals surface area contributed by atoms with Gasteiger partial charge in [-0.3, -0.25) is 39.5 Å². The van der Waals surface area contributed by atoms with Crippen molar-refractivity contribution in [2.24, 2.45) is 28.3 Å². The molecule has 540 valence electrons. The van der Waals surface area contributed by atoms with Gasteiger partial charge >= 0.3 is 42.4 Å². The minimum atomic E-state index is -4.47. The van der Waals surface area contributed by atoms with E-state index in [1.54, 1.807) is 77.9 Å². The topological polar surface area (TPSA) is 330 Å². The van der Waals surface area contributed by atoms with Crippen molar-refractivity contribution in [1.82, 2.24) is 21.3 Å². The number of aliphatic imine (C=N–C) groups is 1. The van der Waals surface area contributed by atoms with Crippen LogP contribution in [-0.4, -0.2) is 87.9 Å². The molecule has 0 aromatic heterocycles. The first-order valence-corrected chi connectivity index (χ1v) is 31.2. The van der Waals surface area contributed by atoms with Crippen LogP contribution in [0.1, 0.15) is 137 Å². The number of rotatable bonds is 25. The van der Waals surface area contributed by atoms with Gasteiger partial charge in [-0.25, -0.2) is 9.59 Å². The summed E-state index contributed by atoms with van der Waals surface area (Å²) in [6.45, 7) is 13.7. The van der Waals surface area contributed by atoms with Crippen LogP contribution in [0.15, 0.2) is 163 Å². The zero-order valence-corrected chi connectivity index (χ0v) is 57.3. The highest BCUT2D eigenvalue weighted by atomic mass is 35.5. The number of aliphatic carboxylic acids is 1. The van der Waals surface area contributed by atoms with E-state index in [1.165, 1.54) is 38.1 Å². The number of aryl methyl sites for hydroxylation is 2. The van der Waals surface area contributed by atoms with E-state index in [-0.39, 0.29) is 82.4 Å². The summed E-state index contributed by atoms with van der Waals surface area (Å²) in [6.07, 6.45) is -10.2. The Labute approximate surface area is 582 Å². The smallest absolute Gasteiger partial charge is 0.435 e. The van der Waals surface area contributed by atoms with Crippen LogP contribution in [0.25, 0.3) is 0 Å². The number of carboxylic acid groups (broad SMARTS) is 1. The lowest BCUT2D eigenvalue weighted by Gasteiger charge is -2.23.